The van der Waals surface area contributed by atoms with Crippen molar-refractivity contribution in [3.8, 4) is 11.3 Å². The number of benzene rings is 2. The zero-order valence-corrected chi connectivity index (χ0v) is 14.2. The van der Waals surface area contributed by atoms with Crippen LogP contribution >= 0.6 is 22.9 Å². The molecule has 2 aromatic heterocycles. The van der Waals surface area contributed by atoms with Crippen molar-refractivity contribution in [2.45, 2.75) is 0 Å². The maximum absolute atomic E-state index is 13.1. The van der Waals surface area contributed by atoms with Gasteiger partial charge in [0.25, 0.3) is 11.9 Å². The molecule has 0 unspecified atom stereocenters. The fourth-order valence-electron chi connectivity index (χ4n) is 2.36. The molecule has 8 heteroatoms. The summed E-state index contributed by atoms with van der Waals surface area (Å²) >= 11 is 7.28. The summed E-state index contributed by atoms with van der Waals surface area (Å²) in [5.74, 6) is -0.451. The standard InChI is InChI=1S/C17H10ClFN4OS/c18-12-3-1-2-11(8-12)15(24)20-16-21-17-23(22-16)14(9-25-17)10-4-6-13(19)7-5-10/h1-9H,(H,20,22,24). The van der Waals surface area contributed by atoms with Gasteiger partial charge in [0, 0.05) is 21.5 Å². The number of carbonyl (C=O) groups excluding carboxylic acids is 1. The van der Waals surface area contributed by atoms with Crippen LogP contribution in [-0.2, 0) is 0 Å². The molecule has 1 N–H and O–H groups in total. The minimum absolute atomic E-state index is 0.195. The van der Waals surface area contributed by atoms with Gasteiger partial charge in [-0.25, -0.2) is 8.91 Å². The van der Waals surface area contributed by atoms with Crippen molar-refractivity contribution in [1.29, 1.82) is 0 Å². The molecular weight excluding hydrogens is 363 g/mol. The molecular formula is C17H10ClFN4OS. The number of aromatic nitrogens is 3. The molecule has 124 valence electrons. The molecule has 4 aromatic rings. The highest BCUT2D eigenvalue weighted by Gasteiger charge is 2.14. The maximum Gasteiger partial charge on any atom is 0.258 e. The Morgan fingerprint density at radius 2 is 2.00 bits per heavy atom. The lowest BCUT2D eigenvalue weighted by Crippen LogP contribution is -2.13. The van der Waals surface area contributed by atoms with Gasteiger partial charge in [-0.05, 0) is 42.5 Å². The second-order valence-electron chi connectivity index (χ2n) is 5.22. The first-order chi connectivity index (χ1) is 12.1. The summed E-state index contributed by atoms with van der Waals surface area (Å²) in [6, 6.07) is 12.7. The number of carbonyl (C=O) groups is 1. The largest absolute Gasteiger partial charge is 0.289 e. The van der Waals surface area contributed by atoms with Crippen LogP contribution in [0.1, 0.15) is 10.4 Å². The highest BCUT2D eigenvalue weighted by Crippen LogP contribution is 2.26. The number of hydrogen-bond donors (Lipinski definition) is 1. The molecule has 0 aliphatic carbocycles. The van der Waals surface area contributed by atoms with E-state index in [1.165, 1.54) is 23.5 Å². The van der Waals surface area contributed by atoms with Crippen LogP contribution in [-0.4, -0.2) is 20.5 Å². The Bertz CT molecular complexity index is 1070. The number of nitrogens with zero attached hydrogens (tertiary/aromatic N) is 3. The van der Waals surface area contributed by atoms with Gasteiger partial charge in [-0.2, -0.15) is 4.98 Å². The average molecular weight is 373 g/mol. The molecule has 1 amide bonds. The van der Waals surface area contributed by atoms with Gasteiger partial charge in [0.05, 0.1) is 5.69 Å². The van der Waals surface area contributed by atoms with E-state index in [0.29, 0.717) is 15.5 Å². The monoisotopic (exact) mass is 372 g/mol. The fraction of sp³-hybridized carbons (Fsp3) is 0. The maximum atomic E-state index is 13.1. The highest BCUT2D eigenvalue weighted by molar-refractivity contribution is 7.15. The smallest absolute Gasteiger partial charge is 0.258 e. The van der Waals surface area contributed by atoms with E-state index in [-0.39, 0.29) is 17.7 Å². The van der Waals surface area contributed by atoms with Crippen LogP contribution in [0.5, 0.6) is 0 Å². The highest BCUT2D eigenvalue weighted by atomic mass is 35.5. The summed E-state index contributed by atoms with van der Waals surface area (Å²) in [5.41, 5.74) is 2.01. The van der Waals surface area contributed by atoms with E-state index in [2.05, 4.69) is 15.4 Å². The summed E-state index contributed by atoms with van der Waals surface area (Å²) in [6.07, 6.45) is 0. The second-order valence-corrected chi connectivity index (χ2v) is 6.50. The van der Waals surface area contributed by atoms with Gasteiger partial charge >= 0.3 is 0 Å². The Morgan fingerprint density at radius 3 is 2.76 bits per heavy atom. The van der Waals surface area contributed by atoms with Crippen LogP contribution in [0, 0.1) is 5.82 Å². The molecule has 0 atom stereocenters. The normalized spacial score (nSPS) is 11.0. The first-order valence-electron chi connectivity index (χ1n) is 7.27. The Labute approximate surface area is 150 Å². The summed E-state index contributed by atoms with van der Waals surface area (Å²) in [5, 5.41) is 9.33. The number of amides is 1. The quantitative estimate of drug-likeness (QED) is 0.576. The van der Waals surface area contributed by atoms with E-state index < -0.39 is 0 Å². The Hall–Kier alpha value is -2.77. The van der Waals surface area contributed by atoms with Crippen LogP contribution in [0.4, 0.5) is 10.3 Å². The lowest BCUT2D eigenvalue weighted by Gasteiger charge is -2.01. The third kappa shape index (κ3) is 3.11. The number of anilines is 1. The molecule has 0 saturated heterocycles. The number of rotatable bonds is 3. The molecule has 0 fully saturated rings. The van der Waals surface area contributed by atoms with Gasteiger partial charge in [-0.1, -0.05) is 17.7 Å². The molecule has 0 radical (unpaired) electrons. The van der Waals surface area contributed by atoms with Crippen molar-refractivity contribution in [3.63, 3.8) is 0 Å². The zero-order chi connectivity index (χ0) is 17.4. The van der Waals surface area contributed by atoms with Gasteiger partial charge < -0.3 is 0 Å². The summed E-state index contributed by atoms with van der Waals surface area (Å²) < 4.78 is 14.7. The van der Waals surface area contributed by atoms with E-state index in [0.717, 1.165) is 11.3 Å². The predicted octanol–water partition coefficient (Wildman–Crippen LogP) is 4.50. The SMILES string of the molecule is O=C(Nc1nc2scc(-c3ccc(F)cc3)n2n1)c1cccc(Cl)c1. The van der Waals surface area contributed by atoms with E-state index >= 15 is 0 Å². The lowest BCUT2D eigenvalue weighted by atomic mass is 10.2. The summed E-state index contributed by atoms with van der Waals surface area (Å²) in [6.45, 7) is 0. The molecule has 2 heterocycles. The topological polar surface area (TPSA) is 59.3 Å². The van der Waals surface area contributed by atoms with Crippen LogP contribution in [0.2, 0.25) is 5.02 Å². The molecule has 5 nitrogen and oxygen atoms in total. The fourth-order valence-corrected chi connectivity index (χ4v) is 3.38. The van der Waals surface area contributed by atoms with Crippen molar-refractivity contribution in [2.75, 3.05) is 5.32 Å². The van der Waals surface area contributed by atoms with Crippen molar-refractivity contribution in [3.05, 3.63) is 70.3 Å². The van der Waals surface area contributed by atoms with Crippen molar-refractivity contribution >= 4 is 39.8 Å². The number of nitrogens with one attached hydrogen (secondary N) is 1. The lowest BCUT2D eigenvalue weighted by molar-refractivity contribution is 0.102. The molecule has 2 aromatic carbocycles. The van der Waals surface area contributed by atoms with Crippen LogP contribution in [0.3, 0.4) is 0 Å². The predicted molar refractivity (Wildman–Crippen MR) is 95.7 cm³/mol. The third-order valence-electron chi connectivity index (χ3n) is 3.53. The summed E-state index contributed by atoms with van der Waals surface area (Å²) in [7, 11) is 0. The number of thiazole rings is 1. The minimum atomic E-state index is -0.343. The van der Waals surface area contributed by atoms with E-state index in [4.69, 9.17) is 11.6 Å². The minimum Gasteiger partial charge on any atom is -0.289 e. The Balaban J connectivity index is 1.64. The number of hydrogen-bond acceptors (Lipinski definition) is 4. The van der Waals surface area contributed by atoms with Crippen LogP contribution in [0.25, 0.3) is 16.2 Å². The van der Waals surface area contributed by atoms with Gasteiger partial charge in [0.2, 0.25) is 4.96 Å². The molecule has 0 aliphatic rings. The van der Waals surface area contributed by atoms with Crippen molar-refractivity contribution in [2.24, 2.45) is 0 Å². The average Bonchev–Trinajstić information content (AvgIpc) is 3.16. The van der Waals surface area contributed by atoms with Gasteiger partial charge in [0.15, 0.2) is 0 Å². The zero-order valence-electron chi connectivity index (χ0n) is 12.6. The van der Waals surface area contributed by atoms with E-state index in [1.54, 1.807) is 40.9 Å². The van der Waals surface area contributed by atoms with Gasteiger partial charge in [0.1, 0.15) is 5.82 Å². The molecule has 0 aliphatic heterocycles. The summed E-state index contributed by atoms with van der Waals surface area (Å²) in [4.78, 5) is 17.2. The van der Waals surface area contributed by atoms with E-state index in [9.17, 15) is 9.18 Å². The van der Waals surface area contributed by atoms with Crippen molar-refractivity contribution < 1.29 is 9.18 Å². The first kappa shape index (κ1) is 15.7. The Kier molecular flexibility index (Phi) is 3.95. The molecule has 0 saturated carbocycles. The molecule has 0 bridgehead atoms. The van der Waals surface area contributed by atoms with Crippen molar-refractivity contribution in [1.82, 2.24) is 14.6 Å². The van der Waals surface area contributed by atoms with E-state index in [1.807, 2.05) is 5.38 Å². The molecule has 4 rings (SSSR count). The van der Waals surface area contributed by atoms with Gasteiger partial charge in [-0.3, -0.25) is 10.1 Å². The first-order valence-corrected chi connectivity index (χ1v) is 8.53. The Morgan fingerprint density at radius 1 is 1.20 bits per heavy atom. The second kappa shape index (κ2) is 6.27. The number of fused-ring (bicyclic) bond motifs is 1. The van der Waals surface area contributed by atoms with Gasteiger partial charge in [-0.15, -0.1) is 16.4 Å². The molecule has 0 spiro atoms. The number of halogens is 2. The van der Waals surface area contributed by atoms with Crippen LogP contribution < -0.4 is 5.32 Å². The third-order valence-corrected chi connectivity index (χ3v) is 4.58. The van der Waals surface area contributed by atoms with Crippen LogP contribution in [0.15, 0.2) is 53.9 Å². The molecule has 25 heavy (non-hydrogen) atoms.